The van der Waals surface area contributed by atoms with E-state index >= 15 is 0 Å². The zero-order valence-corrected chi connectivity index (χ0v) is 21.8. The first-order chi connectivity index (χ1) is 17.6. The molecule has 4 rings (SSSR count). The summed E-state index contributed by atoms with van der Waals surface area (Å²) < 4.78 is 13.3. The van der Waals surface area contributed by atoms with Gasteiger partial charge in [-0.15, -0.1) is 0 Å². The molecule has 0 unspecified atom stereocenters. The highest BCUT2D eigenvalue weighted by Crippen LogP contribution is 2.29. The lowest BCUT2D eigenvalue weighted by molar-refractivity contribution is 0.136. The molecule has 0 radical (unpaired) electrons. The fourth-order valence-corrected chi connectivity index (χ4v) is 5.94. The summed E-state index contributed by atoms with van der Waals surface area (Å²) in [5.74, 6) is 0.581. The molecule has 1 saturated heterocycles. The molecule has 6 heteroatoms. The summed E-state index contributed by atoms with van der Waals surface area (Å²) >= 11 is 0. The van der Waals surface area contributed by atoms with Crippen molar-refractivity contribution in [2.24, 2.45) is 5.92 Å². The topological polar surface area (TPSA) is 47.6 Å². The number of amides is 2. The third-order valence-electron chi connectivity index (χ3n) is 8.08. The van der Waals surface area contributed by atoms with Crippen molar-refractivity contribution in [3.8, 4) is 0 Å². The van der Waals surface area contributed by atoms with Crippen molar-refractivity contribution in [1.29, 1.82) is 0 Å². The lowest BCUT2D eigenvalue weighted by Gasteiger charge is -2.36. The van der Waals surface area contributed by atoms with Crippen LogP contribution in [-0.4, -0.2) is 61.1 Å². The molecule has 0 spiro atoms. The quantitative estimate of drug-likeness (QED) is 0.407. The number of hydrogen-bond donors (Lipinski definition) is 2. The number of nitrogens with one attached hydrogen (secondary N) is 2. The van der Waals surface area contributed by atoms with Crippen LogP contribution in [0.25, 0.3) is 0 Å². The van der Waals surface area contributed by atoms with Gasteiger partial charge in [0.2, 0.25) is 0 Å². The fourth-order valence-electron chi connectivity index (χ4n) is 5.94. The van der Waals surface area contributed by atoms with Crippen LogP contribution in [0.2, 0.25) is 0 Å². The van der Waals surface area contributed by atoms with Gasteiger partial charge in [0.1, 0.15) is 5.82 Å². The van der Waals surface area contributed by atoms with E-state index in [0.717, 1.165) is 44.1 Å². The highest BCUT2D eigenvalue weighted by Gasteiger charge is 2.29. The second-order valence-electron chi connectivity index (χ2n) is 10.7. The Balaban J connectivity index is 1.31. The van der Waals surface area contributed by atoms with Crippen LogP contribution in [-0.2, 0) is 6.42 Å². The van der Waals surface area contributed by atoms with Gasteiger partial charge >= 0.3 is 6.03 Å². The van der Waals surface area contributed by atoms with Gasteiger partial charge < -0.3 is 15.5 Å². The van der Waals surface area contributed by atoms with E-state index in [9.17, 15) is 9.18 Å². The van der Waals surface area contributed by atoms with Gasteiger partial charge in [0.15, 0.2) is 0 Å². The normalized spacial score (nSPS) is 19.9. The highest BCUT2D eigenvalue weighted by atomic mass is 19.1. The molecule has 2 aromatic carbocycles. The summed E-state index contributed by atoms with van der Waals surface area (Å²) in [6.07, 6.45) is 11.2. The van der Waals surface area contributed by atoms with Gasteiger partial charge in [0.05, 0.1) is 0 Å². The number of carbonyl (C=O) groups is 1. The molecule has 1 aliphatic heterocycles. The van der Waals surface area contributed by atoms with Crippen molar-refractivity contribution in [3.05, 3.63) is 66.0 Å². The van der Waals surface area contributed by atoms with E-state index in [1.807, 2.05) is 42.5 Å². The Bertz CT molecular complexity index is 916. The number of rotatable bonds is 11. The van der Waals surface area contributed by atoms with E-state index in [-0.39, 0.29) is 11.8 Å². The Morgan fingerprint density at radius 3 is 2.53 bits per heavy atom. The summed E-state index contributed by atoms with van der Waals surface area (Å²) in [7, 11) is 2.24. The van der Waals surface area contributed by atoms with Crippen LogP contribution in [0.1, 0.15) is 56.9 Å². The van der Waals surface area contributed by atoms with Crippen molar-refractivity contribution >= 4 is 11.7 Å². The van der Waals surface area contributed by atoms with Crippen molar-refractivity contribution in [1.82, 2.24) is 15.1 Å². The van der Waals surface area contributed by atoms with Crippen LogP contribution in [0.5, 0.6) is 0 Å². The Labute approximate surface area is 216 Å². The monoisotopic (exact) mass is 494 g/mol. The molecule has 5 nitrogen and oxygen atoms in total. The van der Waals surface area contributed by atoms with E-state index < -0.39 is 0 Å². The minimum atomic E-state index is -0.172. The first kappa shape index (κ1) is 26.6. The predicted molar refractivity (Wildman–Crippen MR) is 146 cm³/mol. The third-order valence-corrected chi connectivity index (χ3v) is 8.08. The Kier molecular flexibility index (Phi) is 10.2. The predicted octanol–water partition coefficient (Wildman–Crippen LogP) is 5.93. The minimum absolute atomic E-state index is 0.134. The molecule has 36 heavy (non-hydrogen) atoms. The van der Waals surface area contributed by atoms with Crippen LogP contribution in [0.4, 0.5) is 14.9 Å². The number of benzene rings is 2. The zero-order valence-electron chi connectivity index (χ0n) is 21.8. The summed E-state index contributed by atoms with van der Waals surface area (Å²) in [4.78, 5) is 17.7. The van der Waals surface area contributed by atoms with E-state index in [4.69, 9.17) is 0 Å². The maximum atomic E-state index is 13.3. The number of nitrogens with zero attached hydrogens (tertiary/aromatic N) is 2. The molecule has 2 atom stereocenters. The largest absolute Gasteiger partial charge is 0.336 e. The lowest BCUT2D eigenvalue weighted by atomic mass is 9.84. The molecule has 0 bridgehead atoms. The minimum Gasteiger partial charge on any atom is -0.336 e. The summed E-state index contributed by atoms with van der Waals surface area (Å²) in [6.45, 7) is 3.82. The average Bonchev–Trinajstić information content (AvgIpc) is 3.34. The molecule has 1 aliphatic carbocycles. The third kappa shape index (κ3) is 8.31. The fraction of sp³-hybridized carbons (Fsp3) is 0.567. The van der Waals surface area contributed by atoms with Gasteiger partial charge in [-0.2, -0.15) is 0 Å². The van der Waals surface area contributed by atoms with E-state index in [0.29, 0.717) is 18.6 Å². The number of anilines is 1. The lowest BCUT2D eigenvalue weighted by Crippen LogP contribution is -2.48. The first-order valence-corrected chi connectivity index (χ1v) is 13.9. The molecule has 0 aromatic heterocycles. The van der Waals surface area contributed by atoms with Crippen LogP contribution < -0.4 is 10.6 Å². The highest BCUT2D eigenvalue weighted by molar-refractivity contribution is 5.89. The number of likely N-dealkylation sites (tertiary alicyclic amines) is 1. The Morgan fingerprint density at radius 2 is 1.78 bits per heavy atom. The number of urea groups is 1. The van der Waals surface area contributed by atoms with Crippen molar-refractivity contribution in [3.63, 3.8) is 0 Å². The molecular formula is C30H43FN4O. The van der Waals surface area contributed by atoms with Crippen molar-refractivity contribution in [2.45, 2.75) is 69.9 Å². The number of hydrogen-bond acceptors (Lipinski definition) is 3. The number of carbonyl (C=O) groups excluding carboxylic acids is 1. The molecule has 1 saturated carbocycles. The van der Waals surface area contributed by atoms with Crippen LogP contribution in [0, 0.1) is 11.7 Å². The number of likely N-dealkylation sites (N-methyl/N-ethyl adjacent to an activating group) is 1. The zero-order chi connectivity index (χ0) is 25.2. The van der Waals surface area contributed by atoms with Gasteiger partial charge in [0.25, 0.3) is 0 Å². The molecule has 196 valence electrons. The maximum Gasteiger partial charge on any atom is 0.319 e. The summed E-state index contributed by atoms with van der Waals surface area (Å²) in [5, 5.41) is 6.11. The van der Waals surface area contributed by atoms with Crippen molar-refractivity contribution < 1.29 is 9.18 Å². The average molecular weight is 495 g/mol. The second-order valence-corrected chi connectivity index (χ2v) is 10.7. The molecule has 2 fully saturated rings. The summed E-state index contributed by atoms with van der Waals surface area (Å²) in [5.41, 5.74) is 2.01. The number of para-hydroxylation sites is 1. The standard InChI is InChI=1S/C30H43FN4O/c1-34(23-28-13-8-19-35(28)20-18-24-14-16-26(31)17-15-24)29(21-25-9-4-2-5-10-25)22-32-30(36)33-27-11-6-3-7-12-27/h3,6-7,11-12,14-17,25,28-29H,2,4-5,8-10,13,18-23H2,1H3,(H2,32,33,36)/t28-,29+/m0/s1. The first-order valence-electron chi connectivity index (χ1n) is 13.9. The van der Waals surface area contributed by atoms with Crippen LogP contribution >= 0.6 is 0 Å². The molecular weight excluding hydrogens is 451 g/mol. The van der Waals surface area contributed by atoms with Gasteiger partial charge in [-0.1, -0.05) is 62.4 Å². The molecule has 2 aliphatic rings. The molecule has 1 heterocycles. The number of halogens is 1. The van der Waals surface area contributed by atoms with E-state index in [1.54, 1.807) is 12.1 Å². The van der Waals surface area contributed by atoms with Crippen molar-refractivity contribution in [2.75, 3.05) is 38.5 Å². The van der Waals surface area contributed by atoms with Crippen LogP contribution in [0.3, 0.4) is 0 Å². The Morgan fingerprint density at radius 1 is 1.03 bits per heavy atom. The summed E-state index contributed by atoms with van der Waals surface area (Å²) in [6, 6.07) is 17.3. The second kappa shape index (κ2) is 13.8. The van der Waals surface area contributed by atoms with E-state index in [2.05, 4.69) is 27.5 Å². The van der Waals surface area contributed by atoms with Gasteiger partial charge in [-0.3, -0.25) is 4.90 Å². The van der Waals surface area contributed by atoms with E-state index in [1.165, 1.54) is 50.5 Å². The molecule has 2 amide bonds. The molecule has 2 aromatic rings. The SMILES string of the molecule is CN(C[C@@H]1CCCN1CCc1ccc(F)cc1)[C@@H](CNC(=O)Nc1ccccc1)CC1CCCCC1. The van der Waals surface area contributed by atoms with Gasteiger partial charge in [-0.25, -0.2) is 9.18 Å². The smallest absolute Gasteiger partial charge is 0.319 e. The molecule has 2 N–H and O–H groups in total. The van der Waals surface area contributed by atoms with Gasteiger partial charge in [-0.05, 0) is 75.0 Å². The van der Waals surface area contributed by atoms with Gasteiger partial charge in [0, 0.05) is 37.4 Å². The maximum absolute atomic E-state index is 13.3. The Hall–Kier alpha value is -2.44. The van der Waals surface area contributed by atoms with Crippen LogP contribution in [0.15, 0.2) is 54.6 Å².